The lowest BCUT2D eigenvalue weighted by molar-refractivity contribution is 0.0964. The minimum atomic E-state index is -3.59. The SMILES string of the molecule is CNC(=O)c1c(-c2ccc(C)cc2)oc2nc(N(CCCCCO)S(C)(=O)=O)c(I)cc12. The molecule has 2 N–H and O–H groups in total. The number of furan rings is 1. The number of amides is 1. The lowest BCUT2D eigenvalue weighted by Crippen LogP contribution is -2.32. The van der Waals surface area contributed by atoms with Crippen LogP contribution in [-0.4, -0.2) is 50.9 Å². The number of aliphatic hydroxyl groups is 1. The molecule has 0 aliphatic carbocycles. The summed E-state index contributed by atoms with van der Waals surface area (Å²) in [5, 5.41) is 12.1. The molecule has 32 heavy (non-hydrogen) atoms. The summed E-state index contributed by atoms with van der Waals surface area (Å²) in [6.07, 6.45) is 3.02. The van der Waals surface area contributed by atoms with E-state index in [2.05, 4.69) is 10.3 Å². The third kappa shape index (κ3) is 5.24. The minimum Gasteiger partial charge on any atom is -0.437 e. The molecule has 1 aromatic carbocycles. The summed E-state index contributed by atoms with van der Waals surface area (Å²) in [7, 11) is -2.05. The molecule has 0 unspecified atom stereocenters. The highest BCUT2D eigenvalue weighted by atomic mass is 127. The van der Waals surface area contributed by atoms with Crippen molar-refractivity contribution in [1.82, 2.24) is 10.3 Å². The normalized spacial score (nSPS) is 11.7. The molecule has 0 fully saturated rings. The first-order valence-electron chi connectivity index (χ1n) is 10.2. The van der Waals surface area contributed by atoms with Crippen molar-refractivity contribution in [3.63, 3.8) is 0 Å². The van der Waals surface area contributed by atoms with Crippen LogP contribution in [0.2, 0.25) is 0 Å². The van der Waals surface area contributed by atoms with Gasteiger partial charge < -0.3 is 14.8 Å². The highest BCUT2D eigenvalue weighted by molar-refractivity contribution is 14.1. The summed E-state index contributed by atoms with van der Waals surface area (Å²) >= 11 is 2.03. The number of hydrogen-bond acceptors (Lipinski definition) is 6. The molecule has 0 saturated carbocycles. The minimum absolute atomic E-state index is 0.0665. The predicted molar refractivity (Wildman–Crippen MR) is 133 cm³/mol. The number of aromatic nitrogens is 1. The van der Waals surface area contributed by atoms with E-state index in [1.807, 2.05) is 53.8 Å². The Labute approximate surface area is 201 Å². The summed E-state index contributed by atoms with van der Waals surface area (Å²) in [5.41, 5.74) is 2.36. The third-order valence-electron chi connectivity index (χ3n) is 5.04. The summed E-state index contributed by atoms with van der Waals surface area (Å²) in [5.74, 6) is 0.333. The number of halogens is 1. The number of anilines is 1. The lowest BCUT2D eigenvalue weighted by Gasteiger charge is -2.22. The van der Waals surface area contributed by atoms with Crippen molar-refractivity contribution in [1.29, 1.82) is 0 Å². The van der Waals surface area contributed by atoms with Crippen LogP contribution in [-0.2, 0) is 10.0 Å². The Kier molecular flexibility index (Phi) is 7.78. The fourth-order valence-corrected chi connectivity index (χ4v) is 5.20. The van der Waals surface area contributed by atoms with E-state index >= 15 is 0 Å². The van der Waals surface area contributed by atoms with Crippen molar-refractivity contribution in [3.8, 4) is 11.3 Å². The topological polar surface area (TPSA) is 113 Å². The molecule has 0 bridgehead atoms. The molecule has 0 aliphatic heterocycles. The van der Waals surface area contributed by atoms with Gasteiger partial charge in [0.2, 0.25) is 15.7 Å². The largest absolute Gasteiger partial charge is 0.437 e. The van der Waals surface area contributed by atoms with Gasteiger partial charge in [0.05, 0.1) is 20.8 Å². The van der Waals surface area contributed by atoms with Crippen LogP contribution < -0.4 is 9.62 Å². The van der Waals surface area contributed by atoms with Crippen molar-refractivity contribution >= 4 is 55.4 Å². The highest BCUT2D eigenvalue weighted by Crippen LogP contribution is 2.36. The van der Waals surface area contributed by atoms with E-state index in [0.29, 0.717) is 39.5 Å². The lowest BCUT2D eigenvalue weighted by atomic mass is 10.0. The van der Waals surface area contributed by atoms with Gasteiger partial charge in [-0.05, 0) is 54.8 Å². The van der Waals surface area contributed by atoms with Crippen LogP contribution in [0.4, 0.5) is 5.82 Å². The van der Waals surface area contributed by atoms with Gasteiger partial charge in [0.25, 0.3) is 5.91 Å². The van der Waals surface area contributed by atoms with E-state index in [1.54, 1.807) is 13.1 Å². The predicted octanol–water partition coefficient (Wildman–Crippen LogP) is 3.70. The Morgan fingerprint density at radius 2 is 1.91 bits per heavy atom. The van der Waals surface area contributed by atoms with Gasteiger partial charge in [-0.15, -0.1) is 0 Å². The second kappa shape index (κ2) is 10.2. The van der Waals surface area contributed by atoms with Gasteiger partial charge in [0, 0.05) is 25.8 Å². The van der Waals surface area contributed by atoms with E-state index in [1.165, 1.54) is 4.31 Å². The van der Waals surface area contributed by atoms with Crippen molar-refractivity contribution in [2.75, 3.05) is 30.8 Å². The van der Waals surface area contributed by atoms with E-state index < -0.39 is 10.0 Å². The van der Waals surface area contributed by atoms with Crippen molar-refractivity contribution in [2.24, 2.45) is 0 Å². The molecule has 0 atom stereocenters. The second-order valence-corrected chi connectivity index (χ2v) is 10.6. The molecule has 2 aromatic heterocycles. The standard InChI is InChI=1S/C22H26IN3O5S/c1-14-7-9-15(10-8-14)19-18(21(28)24-2)16-13-17(23)20(25-22(16)31-19)26(32(3,29)30)11-5-4-6-12-27/h7-10,13,27H,4-6,11-12H2,1-3H3,(H,24,28). The smallest absolute Gasteiger partial charge is 0.255 e. The van der Waals surface area contributed by atoms with Crippen LogP contribution >= 0.6 is 22.6 Å². The molecule has 10 heteroatoms. The van der Waals surface area contributed by atoms with Gasteiger partial charge >= 0.3 is 0 Å². The Morgan fingerprint density at radius 1 is 1.22 bits per heavy atom. The molecule has 3 aromatic rings. The van der Waals surface area contributed by atoms with Crippen molar-refractivity contribution in [2.45, 2.75) is 26.2 Å². The number of pyridine rings is 1. The second-order valence-electron chi connectivity index (χ2n) is 7.52. The molecule has 0 spiro atoms. The summed E-state index contributed by atoms with van der Waals surface area (Å²) in [6.45, 7) is 2.27. The molecular formula is C22H26IN3O5S. The molecule has 3 rings (SSSR count). The van der Waals surface area contributed by atoms with E-state index in [-0.39, 0.29) is 30.6 Å². The number of carbonyl (C=O) groups excluding carboxylic acids is 1. The third-order valence-corrected chi connectivity index (χ3v) is 6.99. The average Bonchev–Trinajstić information content (AvgIpc) is 3.10. The van der Waals surface area contributed by atoms with Gasteiger partial charge in [0.15, 0.2) is 5.82 Å². The number of benzene rings is 1. The molecular weight excluding hydrogens is 545 g/mol. The molecule has 0 radical (unpaired) electrons. The number of carbonyl (C=O) groups is 1. The highest BCUT2D eigenvalue weighted by Gasteiger charge is 2.27. The fourth-order valence-electron chi connectivity index (χ4n) is 3.40. The van der Waals surface area contributed by atoms with Crippen LogP contribution in [0.5, 0.6) is 0 Å². The van der Waals surface area contributed by atoms with Crippen LogP contribution in [0.25, 0.3) is 22.4 Å². The Hall–Kier alpha value is -2.18. The maximum absolute atomic E-state index is 12.7. The first-order chi connectivity index (χ1) is 15.2. The first kappa shape index (κ1) is 24.5. The van der Waals surface area contributed by atoms with Crippen LogP contribution in [0.1, 0.15) is 35.2 Å². The van der Waals surface area contributed by atoms with Crippen molar-refractivity contribution < 1.29 is 22.7 Å². The monoisotopic (exact) mass is 571 g/mol. The number of unbranched alkanes of at least 4 members (excludes halogenated alkanes) is 2. The van der Waals surface area contributed by atoms with Crippen LogP contribution in [0, 0.1) is 10.5 Å². The summed E-state index contributed by atoms with van der Waals surface area (Å²) < 4.78 is 32.9. The Balaban J connectivity index is 2.15. The molecule has 0 saturated heterocycles. The van der Waals surface area contributed by atoms with Gasteiger partial charge in [-0.2, -0.15) is 4.98 Å². The van der Waals surface area contributed by atoms with Crippen LogP contribution in [0.15, 0.2) is 34.7 Å². The van der Waals surface area contributed by atoms with E-state index in [4.69, 9.17) is 9.52 Å². The van der Waals surface area contributed by atoms with Gasteiger partial charge in [-0.25, -0.2) is 8.42 Å². The van der Waals surface area contributed by atoms with Crippen molar-refractivity contribution in [3.05, 3.63) is 45.0 Å². The molecule has 1 amide bonds. The zero-order chi connectivity index (χ0) is 23.5. The van der Waals surface area contributed by atoms with Gasteiger partial charge in [-0.3, -0.25) is 9.10 Å². The average molecular weight is 571 g/mol. The number of nitrogens with zero attached hydrogens (tertiary/aromatic N) is 2. The summed E-state index contributed by atoms with van der Waals surface area (Å²) in [4.78, 5) is 17.2. The summed E-state index contributed by atoms with van der Waals surface area (Å²) in [6, 6.07) is 9.33. The Bertz CT molecular complexity index is 1220. The quantitative estimate of drug-likeness (QED) is 0.299. The Morgan fingerprint density at radius 3 is 2.50 bits per heavy atom. The number of rotatable bonds is 9. The number of aliphatic hydroxyl groups excluding tert-OH is 1. The maximum Gasteiger partial charge on any atom is 0.255 e. The molecule has 2 heterocycles. The van der Waals surface area contributed by atoms with E-state index in [9.17, 15) is 13.2 Å². The van der Waals surface area contributed by atoms with E-state index in [0.717, 1.165) is 17.4 Å². The first-order valence-corrected chi connectivity index (χ1v) is 13.1. The number of aryl methyl sites for hydroxylation is 1. The molecule has 0 aliphatic rings. The number of hydrogen-bond donors (Lipinski definition) is 2. The van der Waals surface area contributed by atoms with Crippen LogP contribution in [0.3, 0.4) is 0 Å². The maximum atomic E-state index is 12.7. The zero-order valence-electron chi connectivity index (χ0n) is 18.2. The molecule has 172 valence electrons. The van der Waals surface area contributed by atoms with Gasteiger partial charge in [-0.1, -0.05) is 29.8 Å². The number of nitrogens with one attached hydrogen (secondary N) is 1. The number of sulfonamides is 1. The zero-order valence-corrected chi connectivity index (χ0v) is 21.2. The number of fused-ring (bicyclic) bond motifs is 1. The van der Waals surface area contributed by atoms with Gasteiger partial charge in [0.1, 0.15) is 5.76 Å². The fraction of sp³-hybridized carbons (Fsp3) is 0.364. The molecule has 8 nitrogen and oxygen atoms in total.